The number of halogens is 1. The summed E-state index contributed by atoms with van der Waals surface area (Å²) in [6.45, 7) is 2.65. The van der Waals surface area contributed by atoms with Gasteiger partial charge in [0.2, 0.25) is 5.91 Å². The van der Waals surface area contributed by atoms with E-state index in [9.17, 15) is 4.79 Å². The molecule has 1 N–H and O–H groups in total. The van der Waals surface area contributed by atoms with Gasteiger partial charge in [-0.05, 0) is 43.4 Å². The van der Waals surface area contributed by atoms with E-state index in [1.807, 2.05) is 24.3 Å². The summed E-state index contributed by atoms with van der Waals surface area (Å²) in [6.07, 6.45) is 6.44. The van der Waals surface area contributed by atoms with E-state index in [-0.39, 0.29) is 12.1 Å². The molecule has 114 valence electrons. The van der Waals surface area contributed by atoms with E-state index >= 15 is 0 Å². The number of benzene rings is 1. The molecule has 1 aliphatic carbocycles. The van der Waals surface area contributed by atoms with Crippen LogP contribution in [0.15, 0.2) is 24.3 Å². The lowest BCUT2D eigenvalue weighted by molar-refractivity contribution is -0.131. The second kappa shape index (κ2) is 6.37. The van der Waals surface area contributed by atoms with Crippen molar-refractivity contribution in [3.63, 3.8) is 0 Å². The zero-order valence-corrected chi connectivity index (χ0v) is 13.3. The van der Waals surface area contributed by atoms with Gasteiger partial charge in [-0.3, -0.25) is 10.1 Å². The minimum absolute atomic E-state index is 0.00769. The monoisotopic (exact) mass is 306 g/mol. The highest BCUT2D eigenvalue weighted by Gasteiger charge is 2.38. The van der Waals surface area contributed by atoms with Crippen molar-refractivity contribution in [2.45, 2.75) is 51.2 Å². The number of nitrogens with one attached hydrogen (secondary N) is 1. The van der Waals surface area contributed by atoms with E-state index in [4.69, 9.17) is 11.6 Å². The van der Waals surface area contributed by atoms with Gasteiger partial charge in [-0.15, -0.1) is 0 Å². The average Bonchev–Trinajstić information content (AvgIpc) is 2.90. The number of rotatable bonds is 3. The van der Waals surface area contributed by atoms with Gasteiger partial charge in [-0.1, -0.05) is 43.0 Å². The summed E-state index contributed by atoms with van der Waals surface area (Å²) in [5, 5.41) is 4.08. The predicted octanol–water partition coefficient (Wildman–Crippen LogP) is 3.74. The maximum Gasteiger partial charge on any atom is 0.238 e. The predicted molar refractivity (Wildman–Crippen MR) is 85.1 cm³/mol. The van der Waals surface area contributed by atoms with Crippen molar-refractivity contribution in [2.75, 3.05) is 6.54 Å². The molecule has 0 spiro atoms. The molecule has 0 bridgehead atoms. The Hall–Kier alpha value is -1.06. The molecule has 0 radical (unpaired) electrons. The van der Waals surface area contributed by atoms with Crippen LogP contribution >= 0.6 is 11.6 Å². The van der Waals surface area contributed by atoms with Gasteiger partial charge in [0.25, 0.3) is 0 Å². The number of carbonyl (C=O) groups is 1. The van der Waals surface area contributed by atoms with E-state index in [2.05, 4.69) is 17.1 Å². The van der Waals surface area contributed by atoms with Gasteiger partial charge >= 0.3 is 0 Å². The van der Waals surface area contributed by atoms with Crippen LogP contribution < -0.4 is 5.32 Å². The van der Waals surface area contributed by atoms with E-state index in [1.54, 1.807) is 0 Å². The molecule has 1 aromatic rings. The SMILES string of the molecule is CC(C1CCCCC1)N1C(=O)CNC1c1ccc(Cl)cc1. The fourth-order valence-electron chi connectivity index (χ4n) is 3.75. The van der Waals surface area contributed by atoms with Gasteiger partial charge in [0.05, 0.1) is 6.54 Å². The summed E-state index contributed by atoms with van der Waals surface area (Å²) in [7, 11) is 0. The highest BCUT2D eigenvalue weighted by molar-refractivity contribution is 6.30. The second-order valence-electron chi connectivity index (χ2n) is 6.27. The maximum absolute atomic E-state index is 12.3. The summed E-state index contributed by atoms with van der Waals surface area (Å²) in [5.41, 5.74) is 1.12. The first-order valence-electron chi connectivity index (χ1n) is 7.97. The minimum atomic E-state index is -0.00769. The zero-order chi connectivity index (χ0) is 14.8. The van der Waals surface area contributed by atoms with Crippen molar-refractivity contribution >= 4 is 17.5 Å². The molecule has 0 aromatic heterocycles. The van der Waals surface area contributed by atoms with E-state index in [1.165, 1.54) is 32.1 Å². The highest BCUT2D eigenvalue weighted by Crippen LogP contribution is 2.34. The van der Waals surface area contributed by atoms with Crippen LogP contribution in [0.25, 0.3) is 0 Å². The van der Waals surface area contributed by atoms with Gasteiger partial charge in [-0.2, -0.15) is 0 Å². The maximum atomic E-state index is 12.3. The van der Waals surface area contributed by atoms with Crippen molar-refractivity contribution in [1.29, 1.82) is 0 Å². The molecule has 3 nitrogen and oxygen atoms in total. The van der Waals surface area contributed by atoms with Crippen LogP contribution in [0.1, 0.15) is 50.8 Å². The Morgan fingerprint density at radius 1 is 1.19 bits per heavy atom. The fraction of sp³-hybridized carbons (Fsp3) is 0.588. The largest absolute Gasteiger partial charge is 0.319 e. The second-order valence-corrected chi connectivity index (χ2v) is 6.71. The molecule has 1 saturated carbocycles. The number of carbonyl (C=O) groups excluding carboxylic acids is 1. The Balaban J connectivity index is 1.80. The highest BCUT2D eigenvalue weighted by atomic mass is 35.5. The number of nitrogens with zero attached hydrogens (tertiary/aromatic N) is 1. The van der Waals surface area contributed by atoms with Gasteiger partial charge in [-0.25, -0.2) is 0 Å². The molecule has 1 amide bonds. The molecule has 21 heavy (non-hydrogen) atoms. The average molecular weight is 307 g/mol. The zero-order valence-electron chi connectivity index (χ0n) is 12.5. The van der Waals surface area contributed by atoms with Gasteiger partial charge in [0, 0.05) is 11.1 Å². The first-order chi connectivity index (χ1) is 10.2. The lowest BCUT2D eigenvalue weighted by atomic mass is 9.83. The van der Waals surface area contributed by atoms with Crippen LogP contribution in [0.3, 0.4) is 0 Å². The van der Waals surface area contributed by atoms with Crippen molar-refractivity contribution in [3.05, 3.63) is 34.9 Å². The number of hydrogen-bond acceptors (Lipinski definition) is 2. The standard InChI is InChI=1S/C17H23ClN2O/c1-12(13-5-3-2-4-6-13)20-16(21)11-19-17(20)14-7-9-15(18)10-8-14/h7-10,12-13,17,19H,2-6,11H2,1H3. The van der Waals surface area contributed by atoms with Crippen molar-refractivity contribution < 1.29 is 4.79 Å². The van der Waals surface area contributed by atoms with Crippen LogP contribution in [-0.2, 0) is 4.79 Å². The van der Waals surface area contributed by atoms with E-state index in [0.29, 0.717) is 18.5 Å². The van der Waals surface area contributed by atoms with E-state index < -0.39 is 0 Å². The lowest BCUT2D eigenvalue weighted by Crippen LogP contribution is -2.42. The Bertz CT molecular complexity index is 496. The van der Waals surface area contributed by atoms with Crippen LogP contribution in [0.5, 0.6) is 0 Å². The molecule has 2 aliphatic rings. The molecule has 1 aliphatic heterocycles. The van der Waals surface area contributed by atoms with Crippen molar-refractivity contribution in [3.8, 4) is 0 Å². The summed E-state index contributed by atoms with van der Waals surface area (Å²) < 4.78 is 0. The third-order valence-corrected chi connectivity index (χ3v) is 5.22. The summed E-state index contributed by atoms with van der Waals surface area (Å²) in [4.78, 5) is 14.4. The quantitative estimate of drug-likeness (QED) is 0.922. The minimum Gasteiger partial charge on any atom is -0.319 e. The fourth-order valence-corrected chi connectivity index (χ4v) is 3.87. The third kappa shape index (κ3) is 3.09. The summed E-state index contributed by atoms with van der Waals surface area (Å²) in [5.74, 6) is 0.852. The number of amides is 1. The Kier molecular flexibility index (Phi) is 4.51. The van der Waals surface area contributed by atoms with Gasteiger partial charge < -0.3 is 4.90 Å². The van der Waals surface area contributed by atoms with Crippen LogP contribution in [0.4, 0.5) is 0 Å². The third-order valence-electron chi connectivity index (χ3n) is 4.97. The van der Waals surface area contributed by atoms with Gasteiger partial charge in [0.15, 0.2) is 0 Å². The molecule has 1 saturated heterocycles. The Morgan fingerprint density at radius 3 is 2.52 bits per heavy atom. The molecule has 4 heteroatoms. The molecule has 3 rings (SSSR count). The van der Waals surface area contributed by atoms with Crippen molar-refractivity contribution in [1.82, 2.24) is 10.2 Å². The Labute approximate surface area is 131 Å². The van der Waals surface area contributed by atoms with Crippen LogP contribution in [0, 0.1) is 5.92 Å². The normalized spacial score (nSPS) is 25.3. The van der Waals surface area contributed by atoms with Crippen LogP contribution in [-0.4, -0.2) is 23.4 Å². The Morgan fingerprint density at radius 2 is 1.86 bits per heavy atom. The van der Waals surface area contributed by atoms with Crippen LogP contribution in [0.2, 0.25) is 5.02 Å². The van der Waals surface area contributed by atoms with E-state index in [0.717, 1.165) is 10.6 Å². The molecule has 2 unspecified atom stereocenters. The van der Waals surface area contributed by atoms with Gasteiger partial charge in [0.1, 0.15) is 6.17 Å². The summed E-state index contributed by atoms with van der Waals surface area (Å²) >= 11 is 5.97. The smallest absolute Gasteiger partial charge is 0.238 e. The molecule has 2 fully saturated rings. The first kappa shape index (κ1) is 14.9. The first-order valence-corrected chi connectivity index (χ1v) is 8.34. The molecular weight excluding hydrogens is 284 g/mol. The molecule has 1 aromatic carbocycles. The summed E-state index contributed by atoms with van der Waals surface area (Å²) in [6, 6.07) is 8.11. The molecule has 2 atom stereocenters. The van der Waals surface area contributed by atoms with Crippen molar-refractivity contribution in [2.24, 2.45) is 5.92 Å². The topological polar surface area (TPSA) is 32.3 Å². The molecular formula is C17H23ClN2O. The lowest BCUT2D eigenvalue weighted by Gasteiger charge is -2.37. The molecule has 1 heterocycles. The number of hydrogen-bond donors (Lipinski definition) is 1.